The summed E-state index contributed by atoms with van der Waals surface area (Å²) in [5.41, 5.74) is 3.33. The largest absolute Gasteiger partial charge is 0.247 e. The van der Waals surface area contributed by atoms with E-state index in [9.17, 15) is 0 Å². The van der Waals surface area contributed by atoms with Gasteiger partial charge in [-0.2, -0.15) is 10.0 Å². The molecule has 3 nitrogen and oxygen atoms in total. The van der Waals surface area contributed by atoms with Crippen molar-refractivity contribution in [3.05, 3.63) is 35.3 Å². The van der Waals surface area contributed by atoms with E-state index in [0.717, 1.165) is 5.70 Å². The zero-order valence-corrected chi connectivity index (χ0v) is 5.72. The third-order valence-corrected chi connectivity index (χ3v) is 1.54. The van der Waals surface area contributed by atoms with Crippen LogP contribution in [-0.4, -0.2) is 5.06 Å². The molecule has 0 unspecified atom stereocenters. The molecule has 10 heavy (non-hydrogen) atoms. The van der Waals surface area contributed by atoms with Crippen LogP contribution in [0.1, 0.15) is 0 Å². The van der Waals surface area contributed by atoms with E-state index >= 15 is 0 Å². The van der Waals surface area contributed by atoms with Crippen LogP contribution < -0.4 is 5.48 Å². The maximum atomic E-state index is 5.78. The molecular formula is C6H4ClN2O. The summed E-state index contributed by atoms with van der Waals surface area (Å²) in [7, 11) is 0. The van der Waals surface area contributed by atoms with E-state index in [4.69, 9.17) is 16.5 Å². The van der Waals surface area contributed by atoms with Gasteiger partial charge in [-0.15, -0.1) is 0 Å². The minimum absolute atomic E-state index is 0.642. The number of rotatable bonds is 0. The monoisotopic (exact) mass is 155 g/mol. The fourth-order valence-electron chi connectivity index (χ4n) is 0.768. The van der Waals surface area contributed by atoms with E-state index in [0.29, 0.717) is 5.03 Å². The summed E-state index contributed by atoms with van der Waals surface area (Å²) in [4.78, 5) is 4.85. The van der Waals surface area contributed by atoms with Crippen molar-refractivity contribution < 1.29 is 4.94 Å². The number of nitrogens with zero attached hydrogens (tertiary/aromatic N) is 1. The Kier molecular flexibility index (Phi) is 1.19. The molecular weight excluding hydrogens is 152 g/mol. The fourth-order valence-corrected chi connectivity index (χ4v) is 0.962. The van der Waals surface area contributed by atoms with Gasteiger partial charge in [0, 0.05) is 0 Å². The van der Waals surface area contributed by atoms with Gasteiger partial charge < -0.3 is 0 Å². The average Bonchev–Trinajstić information content (AvgIpc) is 2.36. The molecule has 1 radical (unpaired) electrons. The van der Waals surface area contributed by atoms with E-state index in [1.807, 2.05) is 0 Å². The summed E-state index contributed by atoms with van der Waals surface area (Å²) >= 11 is 5.78. The summed E-state index contributed by atoms with van der Waals surface area (Å²) in [6.45, 7) is 0. The summed E-state index contributed by atoms with van der Waals surface area (Å²) in [5, 5.41) is 2.08. The van der Waals surface area contributed by atoms with Gasteiger partial charge >= 0.3 is 0 Å². The van der Waals surface area contributed by atoms with Crippen LogP contribution in [0.5, 0.6) is 0 Å². The summed E-state index contributed by atoms with van der Waals surface area (Å²) < 4.78 is 0. The van der Waals surface area contributed by atoms with Crippen LogP contribution in [-0.2, 0) is 4.94 Å². The van der Waals surface area contributed by atoms with Crippen LogP contribution >= 0.6 is 11.6 Å². The van der Waals surface area contributed by atoms with Crippen molar-refractivity contribution in [2.45, 2.75) is 0 Å². The van der Waals surface area contributed by atoms with Crippen molar-refractivity contribution in [1.29, 1.82) is 0 Å². The Morgan fingerprint density at radius 3 is 3.40 bits per heavy atom. The van der Waals surface area contributed by atoms with Crippen molar-refractivity contribution in [1.82, 2.24) is 10.5 Å². The number of allylic oxidation sites excluding steroid dienone is 3. The summed E-state index contributed by atoms with van der Waals surface area (Å²) in [6, 6.07) is 0. The van der Waals surface area contributed by atoms with Gasteiger partial charge in [0.05, 0.1) is 17.4 Å². The maximum absolute atomic E-state index is 5.78. The number of hydrogen-bond acceptors (Lipinski definition) is 3. The standard InChI is InChI=1S/C6H4ClN2O/c7-5-2-1-3-9-6(5)4-8-10-9/h1-2,4,8H. The van der Waals surface area contributed by atoms with Crippen LogP contribution in [0.25, 0.3) is 0 Å². The highest BCUT2D eigenvalue weighted by atomic mass is 35.5. The van der Waals surface area contributed by atoms with Crippen LogP contribution in [0, 0.1) is 6.20 Å². The second-order valence-electron chi connectivity index (χ2n) is 1.84. The molecule has 4 heteroatoms. The molecule has 2 heterocycles. The molecule has 1 N–H and O–H groups in total. The highest BCUT2D eigenvalue weighted by molar-refractivity contribution is 6.32. The third-order valence-electron chi connectivity index (χ3n) is 1.22. The first kappa shape index (κ1) is 5.82. The van der Waals surface area contributed by atoms with Gasteiger partial charge in [0.1, 0.15) is 5.70 Å². The van der Waals surface area contributed by atoms with E-state index in [1.165, 1.54) is 5.06 Å². The number of hydroxylamine groups is 3. The smallest absolute Gasteiger partial charge is 0.109 e. The van der Waals surface area contributed by atoms with E-state index < -0.39 is 0 Å². The average molecular weight is 156 g/mol. The first-order valence-electron chi connectivity index (χ1n) is 2.76. The van der Waals surface area contributed by atoms with Gasteiger partial charge in [0.2, 0.25) is 0 Å². The molecule has 0 saturated carbocycles. The Labute approximate surface area is 63.1 Å². The predicted octanol–water partition coefficient (Wildman–Crippen LogP) is 1.03. The zero-order valence-electron chi connectivity index (χ0n) is 4.97. The van der Waals surface area contributed by atoms with Crippen molar-refractivity contribution in [3.63, 3.8) is 0 Å². The molecule has 2 rings (SSSR count). The second kappa shape index (κ2) is 2.04. The fraction of sp³-hybridized carbons (Fsp3) is 0. The number of halogens is 1. The number of fused-ring (bicyclic) bond motifs is 1. The Morgan fingerprint density at radius 1 is 1.70 bits per heavy atom. The molecule has 0 aromatic rings. The lowest BCUT2D eigenvalue weighted by molar-refractivity contribution is -0.119. The molecule has 0 aliphatic carbocycles. The molecule has 2 aliphatic rings. The highest BCUT2D eigenvalue weighted by Crippen LogP contribution is 2.24. The molecule has 2 aliphatic heterocycles. The quantitative estimate of drug-likeness (QED) is 0.566. The predicted molar refractivity (Wildman–Crippen MR) is 35.9 cm³/mol. The molecule has 0 fully saturated rings. The van der Waals surface area contributed by atoms with Crippen molar-refractivity contribution >= 4 is 11.6 Å². The Bertz CT molecular complexity index is 244. The molecule has 0 aromatic heterocycles. The third kappa shape index (κ3) is 0.716. The maximum Gasteiger partial charge on any atom is 0.109 e. The van der Waals surface area contributed by atoms with E-state index in [-0.39, 0.29) is 0 Å². The SMILES string of the molecule is ClC1=CC=[C]N2ONC=C12. The van der Waals surface area contributed by atoms with Crippen molar-refractivity contribution in [2.24, 2.45) is 0 Å². The molecule has 0 amide bonds. The Hall–Kier alpha value is -0.930. The minimum Gasteiger partial charge on any atom is -0.247 e. The van der Waals surface area contributed by atoms with Crippen LogP contribution in [0.3, 0.4) is 0 Å². The molecule has 51 valence electrons. The molecule has 0 atom stereocenters. The van der Waals surface area contributed by atoms with Crippen LogP contribution in [0.4, 0.5) is 0 Å². The molecule has 0 aromatic carbocycles. The van der Waals surface area contributed by atoms with Gasteiger partial charge in [-0.3, -0.25) is 0 Å². The van der Waals surface area contributed by atoms with Crippen molar-refractivity contribution in [2.75, 3.05) is 0 Å². The van der Waals surface area contributed by atoms with Gasteiger partial charge in [-0.1, -0.05) is 11.6 Å². The van der Waals surface area contributed by atoms with Gasteiger partial charge in [-0.05, 0) is 12.2 Å². The molecule has 0 spiro atoms. The first-order valence-corrected chi connectivity index (χ1v) is 3.14. The lowest BCUT2D eigenvalue weighted by atomic mass is 10.3. The van der Waals surface area contributed by atoms with Crippen LogP contribution in [0.15, 0.2) is 29.1 Å². The summed E-state index contributed by atoms with van der Waals surface area (Å²) in [5.74, 6) is 0. The van der Waals surface area contributed by atoms with Crippen molar-refractivity contribution in [3.8, 4) is 0 Å². The lowest BCUT2D eigenvalue weighted by Crippen LogP contribution is -2.16. The Balaban J connectivity index is 2.38. The van der Waals surface area contributed by atoms with Gasteiger partial charge in [0.15, 0.2) is 0 Å². The number of hydrogen-bond donors (Lipinski definition) is 1. The van der Waals surface area contributed by atoms with Crippen LogP contribution in [0.2, 0.25) is 0 Å². The molecule has 0 bridgehead atoms. The van der Waals surface area contributed by atoms with Gasteiger partial charge in [-0.25, -0.2) is 5.48 Å². The van der Waals surface area contributed by atoms with E-state index in [2.05, 4.69) is 11.7 Å². The molecule has 0 saturated heterocycles. The second-order valence-corrected chi connectivity index (χ2v) is 2.25. The van der Waals surface area contributed by atoms with E-state index in [1.54, 1.807) is 18.4 Å². The Morgan fingerprint density at radius 2 is 2.60 bits per heavy atom. The first-order chi connectivity index (χ1) is 4.88. The number of nitrogens with one attached hydrogen (secondary N) is 1. The van der Waals surface area contributed by atoms with Gasteiger partial charge in [0.25, 0.3) is 0 Å². The minimum atomic E-state index is 0.642. The zero-order chi connectivity index (χ0) is 6.97. The normalized spacial score (nSPS) is 21.5. The topological polar surface area (TPSA) is 24.5 Å². The summed E-state index contributed by atoms with van der Waals surface area (Å²) in [6.07, 6.45) is 7.91. The highest BCUT2D eigenvalue weighted by Gasteiger charge is 2.19. The lowest BCUT2D eigenvalue weighted by Gasteiger charge is -2.14.